The molecule has 1 aromatic carbocycles. The molecule has 192 valence electrons. The molecular formula is C23H31N3O9. The predicted molar refractivity (Wildman–Crippen MR) is 123 cm³/mol. The summed E-state index contributed by atoms with van der Waals surface area (Å²) in [5, 5.41) is 10.7. The van der Waals surface area contributed by atoms with E-state index < -0.39 is 17.9 Å². The van der Waals surface area contributed by atoms with Crippen LogP contribution in [0.15, 0.2) is 23.0 Å². The van der Waals surface area contributed by atoms with Crippen LogP contribution in [0.5, 0.6) is 0 Å². The van der Waals surface area contributed by atoms with Gasteiger partial charge in [-0.3, -0.25) is 24.0 Å². The number of hydrogen-bond donors (Lipinski definition) is 2. The van der Waals surface area contributed by atoms with Crippen LogP contribution < -0.4 is 11.0 Å². The Hall–Kier alpha value is -3.06. The van der Waals surface area contributed by atoms with Gasteiger partial charge in [0.2, 0.25) is 11.8 Å². The molecule has 35 heavy (non-hydrogen) atoms. The summed E-state index contributed by atoms with van der Waals surface area (Å²) in [6.07, 6.45) is 1.15. The summed E-state index contributed by atoms with van der Waals surface area (Å²) in [6, 6.07) is 4.94. The molecular weight excluding hydrogens is 462 g/mol. The van der Waals surface area contributed by atoms with Crippen molar-refractivity contribution in [2.75, 3.05) is 52.9 Å². The smallest absolute Gasteiger partial charge is 0.329 e. The largest absolute Gasteiger partial charge is 0.480 e. The molecule has 3 rings (SSSR count). The van der Waals surface area contributed by atoms with E-state index in [0.29, 0.717) is 63.5 Å². The van der Waals surface area contributed by atoms with Crippen LogP contribution in [0.1, 0.15) is 24.4 Å². The standard InChI is InChI=1S/C23H31N3O9/c1-25-19-14-16(6-7-32-8-9-33-10-11-34-12-13-35-15-21(28)29)2-3-17(19)26(23(25)31)18-4-5-20(27)24-22(18)30/h2-3,14,18H,4-13,15H2,1H3,(H,28,29)(H,24,27,30). The normalized spacial score (nSPS) is 16.1. The van der Waals surface area contributed by atoms with Crippen LogP contribution in [-0.2, 0) is 46.8 Å². The van der Waals surface area contributed by atoms with Crippen LogP contribution in [0, 0.1) is 0 Å². The summed E-state index contributed by atoms with van der Waals surface area (Å²) >= 11 is 0. The Morgan fingerprint density at radius 1 is 0.971 bits per heavy atom. The number of piperidine rings is 1. The first kappa shape index (κ1) is 26.5. The summed E-state index contributed by atoms with van der Waals surface area (Å²) in [7, 11) is 1.66. The number of carboxylic acid groups (broad SMARTS) is 1. The summed E-state index contributed by atoms with van der Waals surface area (Å²) in [5.74, 6) is -1.78. The number of hydrogen-bond acceptors (Lipinski definition) is 8. The van der Waals surface area contributed by atoms with Crippen molar-refractivity contribution in [2.45, 2.75) is 25.3 Å². The zero-order valence-electron chi connectivity index (χ0n) is 19.7. The van der Waals surface area contributed by atoms with Crippen molar-refractivity contribution in [3.05, 3.63) is 34.2 Å². The van der Waals surface area contributed by atoms with E-state index in [1.54, 1.807) is 7.05 Å². The van der Waals surface area contributed by atoms with Crippen molar-refractivity contribution >= 4 is 28.8 Å². The molecule has 0 aliphatic carbocycles. The van der Waals surface area contributed by atoms with Gasteiger partial charge in [-0.2, -0.15) is 0 Å². The average molecular weight is 494 g/mol. The zero-order chi connectivity index (χ0) is 25.2. The molecule has 2 heterocycles. The lowest BCUT2D eigenvalue weighted by Crippen LogP contribution is -2.44. The number of carboxylic acids is 1. The Labute approximate surface area is 201 Å². The molecule has 12 nitrogen and oxygen atoms in total. The third kappa shape index (κ3) is 7.46. The van der Waals surface area contributed by atoms with Gasteiger partial charge < -0.3 is 24.1 Å². The van der Waals surface area contributed by atoms with E-state index in [-0.39, 0.29) is 31.2 Å². The number of rotatable bonds is 15. The number of aryl methyl sites for hydroxylation is 1. The van der Waals surface area contributed by atoms with E-state index >= 15 is 0 Å². The second-order valence-electron chi connectivity index (χ2n) is 8.04. The van der Waals surface area contributed by atoms with Crippen LogP contribution in [0.3, 0.4) is 0 Å². The second-order valence-corrected chi connectivity index (χ2v) is 8.04. The van der Waals surface area contributed by atoms with Crippen molar-refractivity contribution in [3.63, 3.8) is 0 Å². The molecule has 2 amide bonds. The lowest BCUT2D eigenvalue weighted by atomic mass is 10.1. The van der Waals surface area contributed by atoms with E-state index in [9.17, 15) is 19.2 Å². The average Bonchev–Trinajstić information content (AvgIpc) is 3.06. The molecule has 12 heteroatoms. The molecule has 2 N–H and O–H groups in total. The van der Waals surface area contributed by atoms with Crippen molar-refractivity contribution < 1.29 is 38.4 Å². The van der Waals surface area contributed by atoms with Gasteiger partial charge in [0.15, 0.2) is 0 Å². The molecule has 1 aliphatic heterocycles. The topological polar surface area (TPSA) is 147 Å². The van der Waals surface area contributed by atoms with Gasteiger partial charge in [0.05, 0.1) is 57.3 Å². The van der Waals surface area contributed by atoms with Crippen molar-refractivity contribution in [1.82, 2.24) is 14.5 Å². The van der Waals surface area contributed by atoms with Gasteiger partial charge in [-0.15, -0.1) is 0 Å². The maximum atomic E-state index is 12.8. The Morgan fingerprint density at radius 2 is 1.60 bits per heavy atom. The highest BCUT2D eigenvalue weighted by atomic mass is 16.6. The van der Waals surface area contributed by atoms with E-state index in [4.69, 9.17) is 24.1 Å². The van der Waals surface area contributed by atoms with Crippen molar-refractivity contribution in [1.29, 1.82) is 0 Å². The number of imide groups is 1. The highest BCUT2D eigenvalue weighted by Crippen LogP contribution is 2.23. The van der Waals surface area contributed by atoms with Crippen LogP contribution in [0.2, 0.25) is 0 Å². The minimum atomic E-state index is -1.01. The number of benzene rings is 1. The number of carbonyl (C=O) groups is 3. The molecule has 0 saturated carbocycles. The van der Waals surface area contributed by atoms with Gasteiger partial charge >= 0.3 is 11.7 Å². The van der Waals surface area contributed by atoms with Crippen LogP contribution in [0.25, 0.3) is 11.0 Å². The number of imidazole rings is 1. The molecule has 0 bridgehead atoms. The second kappa shape index (κ2) is 13.1. The molecule has 1 fully saturated rings. The lowest BCUT2D eigenvalue weighted by molar-refractivity contribution is -0.143. The highest BCUT2D eigenvalue weighted by molar-refractivity contribution is 6.00. The predicted octanol–water partition coefficient (Wildman–Crippen LogP) is 0.0112. The van der Waals surface area contributed by atoms with Gasteiger partial charge in [-0.1, -0.05) is 6.07 Å². The molecule has 0 radical (unpaired) electrons. The Balaban J connectivity index is 1.37. The molecule has 2 aromatic rings. The number of nitrogens with one attached hydrogen (secondary N) is 1. The monoisotopic (exact) mass is 493 g/mol. The van der Waals surface area contributed by atoms with E-state index in [2.05, 4.69) is 5.32 Å². The molecule has 1 aromatic heterocycles. The number of nitrogens with zero attached hydrogens (tertiary/aromatic N) is 2. The minimum Gasteiger partial charge on any atom is -0.480 e. The molecule has 1 atom stereocenters. The SMILES string of the molecule is Cn1c(=O)n(C2CCC(=O)NC2=O)c2ccc(CCOCCOCCOCCOCC(=O)O)cc21. The Morgan fingerprint density at radius 3 is 2.23 bits per heavy atom. The lowest BCUT2D eigenvalue weighted by Gasteiger charge is -2.21. The molecule has 1 aliphatic rings. The zero-order valence-corrected chi connectivity index (χ0v) is 19.7. The number of amides is 2. The fourth-order valence-corrected chi connectivity index (χ4v) is 3.80. The number of ether oxygens (including phenoxy) is 4. The quantitative estimate of drug-likeness (QED) is 0.259. The van der Waals surface area contributed by atoms with E-state index in [1.807, 2.05) is 18.2 Å². The Bertz CT molecular complexity index is 1090. The highest BCUT2D eigenvalue weighted by Gasteiger charge is 2.31. The number of carbonyl (C=O) groups excluding carboxylic acids is 2. The van der Waals surface area contributed by atoms with Gasteiger partial charge in [0.25, 0.3) is 0 Å². The number of aromatic nitrogens is 2. The van der Waals surface area contributed by atoms with E-state index in [0.717, 1.165) is 5.56 Å². The van der Waals surface area contributed by atoms with Gasteiger partial charge in [0, 0.05) is 13.5 Å². The fourth-order valence-electron chi connectivity index (χ4n) is 3.80. The van der Waals surface area contributed by atoms with Crippen LogP contribution in [-0.4, -0.2) is 84.9 Å². The minimum absolute atomic E-state index is 0.203. The Kier molecular flexibility index (Phi) is 9.97. The van der Waals surface area contributed by atoms with E-state index in [1.165, 1.54) is 9.13 Å². The third-order valence-corrected chi connectivity index (χ3v) is 5.55. The maximum absolute atomic E-state index is 12.8. The third-order valence-electron chi connectivity index (χ3n) is 5.55. The van der Waals surface area contributed by atoms with Gasteiger partial charge in [0.1, 0.15) is 12.6 Å². The first-order valence-corrected chi connectivity index (χ1v) is 11.4. The molecule has 1 unspecified atom stereocenters. The van der Waals surface area contributed by atoms with Crippen molar-refractivity contribution in [3.8, 4) is 0 Å². The molecule has 0 spiro atoms. The first-order valence-electron chi connectivity index (χ1n) is 11.4. The summed E-state index contributed by atoms with van der Waals surface area (Å²) in [5.41, 5.74) is 2.07. The van der Waals surface area contributed by atoms with Gasteiger partial charge in [-0.25, -0.2) is 9.59 Å². The maximum Gasteiger partial charge on any atom is 0.329 e. The number of fused-ring (bicyclic) bond motifs is 1. The first-order chi connectivity index (χ1) is 16.9. The number of aliphatic carboxylic acids is 1. The van der Waals surface area contributed by atoms with Crippen molar-refractivity contribution in [2.24, 2.45) is 7.05 Å². The summed E-state index contributed by atoms with van der Waals surface area (Å²) < 4.78 is 24.1. The van der Waals surface area contributed by atoms with Crippen LogP contribution >= 0.6 is 0 Å². The molecule has 1 saturated heterocycles. The summed E-state index contributed by atoms with van der Waals surface area (Å²) in [6.45, 7) is 2.30. The fraction of sp³-hybridized carbons (Fsp3) is 0.565. The summed E-state index contributed by atoms with van der Waals surface area (Å²) in [4.78, 5) is 46.8. The van der Waals surface area contributed by atoms with Gasteiger partial charge in [-0.05, 0) is 30.5 Å². The van der Waals surface area contributed by atoms with Crippen LogP contribution in [0.4, 0.5) is 0 Å².